The first kappa shape index (κ1) is 18.6. The van der Waals surface area contributed by atoms with Crippen LogP contribution in [0.3, 0.4) is 0 Å². The molecule has 0 saturated carbocycles. The first-order valence-electron chi connectivity index (χ1n) is 6.97. The Hall–Kier alpha value is -0.470. The second-order valence-electron chi connectivity index (χ2n) is 4.78. The van der Waals surface area contributed by atoms with Crippen LogP contribution in [0, 0.1) is 6.92 Å². The molecule has 0 unspecified atom stereocenters. The summed E-state index contributed by atoms with van der Waals surface area (Å²) in [5.41, 5.74) is 1.21. The van der Waals surface area contributed by atoms with Gasteiger partial charge in [0.05, 0.1) is 11.5 Å². The number of sulfonamides is 1. The quantitative estimate of drug-likeness (QED) is 0.724. The molecule has 0 aliphatic rings. The Kier molecular flexibility index (Phi) is 7.29. The highest BCUT2D eigenvalue weighted by Crippen LogP contribution is 2.25. The molecule has 0 atom stereocenters. The molecule has 0 radical (unpaired) electrons. The molecule has 1 aromatic rings. The standard InChI is InChI=1S/C14H23BrN2O3S/c1-4-17(5-2)7-6-16-21(19,20)14-9-12(10-18)8-13(15)11(14)3/h8-9,16,18H,4-7,10H2,1-3H3. The van der Waals surface area contributed by atoms with Gasteiger partial charge >= 0.3 is 0 Å². The van der Waals surface area contributed by atoms with Crippen LogP contribution in [-0.4, -0.2) is 44.6 Å². The van der Waals surface area contributed by atoms with E-state index >= 15 is 0 Å². The van der Waals surface area contributed by atoms with Gasteiger partial charge in [-0.15, -0.1) is 0 Å². The van der Waals surface area contributed by atoms with Gasteiger partial charge in [-0.3, -0.25) is 0 Å². The van der Waals surface area contributed by atoms with Gasteiger partial charge in [0.1, 0.15) is 0 Å². The molecule has 0 amide bonds. The van der Waals surface area contributed by atoms with Gasteiger partial charge in [-0.1, -0.05) is 29.8 Å². The van der Waals surface area contributed by atoms with Crippen molar-refractivity contribution in [2.75, 3.05) is 26.2 Å². The molecule has 0 aliphatic heterocycles. The lowest BCUT2D eigenvalue weighted by atomic mass is 10.2. The lowest BCUT2D eigenvalue weighted by molar-refractivity contribution is 0.281. The van der Waals surface area contributed by atoms with Gasteiger partial charge in [-0.05, 0) is 43.3 Å². The predicted molar refractivity (Wildman–Crippen MR) is 87.8 cm³/mol. The molecule has 2 N–H and O–H groups in total. The maximum Gasteiger partial charge on any atom is 0.240 e. The van der Waals surface area contributed by atoms with Gasteiger partial charge in [-0.25, -0.2) is 13.1 Å². The van der Waals surface area contributed by atoms with Crippen molar-refractivity contribution in [2.45, 2.75) is 32.3 Å². The fraction of sp³-hybridized carbons (Fsp3) is 0.571. The number of nitrogens with one attached hydrogen (secondary N) is 1. The lowest BCUT2D eigenvalue weighted by Gasteiger charge is -2.18. The number of aliphatic hydroxyl groups excluding tert-OH is 1. The third-order valence-corrected chi connectivity index (χ3v) is 5.85. The molecule has 0 bridgehead atoms. The molecule has 7 heteroatoms. The minimum Gasteiger partial charge on any atom is -0.392 e. The molecule has 1 rings (SSSR count). The van der Waals surface area contributed by atoms with Crippen molar-refractivity contribution in [3.8, 4) is 0 Å². The molecular formula is C14H23BrN2O3S. The highest BCUT2D eigenvalue weighted by molar-refractivity contribution is 9.10. The van der Waals surface area contributed by atoms with Crippen molar-refractivity contribution in [3.05, 3.63) is 27.7 Å². The first-order valence-corrected chi connectivity index (χ1v) is 9.25. The summed E-state index contributed by atoms with van der Waals surface area (Å²) in [6.45, 7) is 8.46. The highest BCUT2D eigenvalue weighted by atomic mass is 79.9. The average molecular weight is 379 g/mol. The highest BCUT2D eigenvalue weighted by Gasteiger charge is 2.19. The maximum absolute atomic E-state index is 12.4. The van der Waals surface area contributed by atoms with Crippen molar-refractivity contribution in [3.63, 3.8) is 0 Å². The first-order chi connectivity index (χ1) is 9.85. The van der Waals surface area contributed by atoms with Crippen LogP contribution in [0.5, 0.6) is 0 Å². The van der Waals surface area contributed by atoms with E-state index in [1.54, 1.807) is 13.0 Å². The van der Waals surface area contributed by atoms with E-state index in [0.29, 0.717) is 28.7 Å². The topological polar surface area (TPSA) is 69.6 Å². The Bertz CT molecular complexity index is 572. The van der Waals surface area contributed by atoms with E-state index in [1.807, 2.05) is 13.8 Å². The number of aliphatic hydroxyl groups is 1. The Morgan fingerprint density at radius 3 is 2.43 bits per heavy atom. The number of hydrogen-bond donors (Lipinski definition) is 2. The molecule has 21 heavy (non-hydrogen) atoms. The number of benzene rings is 1. The number of nitrogens with zero attached hydrogens (tertiary/aromatic N) is 1. The summed E-state index contributed by atoms with van der Waals surface area (Å²) < 4.78 is 28.1. The summed E-state index contributed by atoms with van der Waals surface area (Å²) in [4.78, 5) is 2.36. The molecule has 0 fully saturated rings. The van der Waals surface area contributed by atoms with Crippen LogP contribution in [0.2, 0.25) is 0 Å². The van der Waals surface area contributed by atoms with Crippen molar-refractivity contribution in [2.24, 2.45) is 0 Å². The van der Waals surface area contributed by atoms with E-state index in [1.165, 1.54) is 6.07 Å². The van der Waals surface area contributed by atoms with Crippen molar-refractivity contribution in [1.29, 1.82) is 0 Å². The van der Waals surface area contributed by atoms with Gasteiger partial charge < -0.3 is 10.0 Å². The van der Waals surface area contributed by atoms with E-state index in [2.05, 4.69) is 25.6 Å². The molecule has 0 aromatic heterocycles. The zero-order valence-corrected chi connectivity index (χ0v) is 15.1. The maximum atomic E-state index is 12.4. The van der Waals surface area contributed by atoms with Crippen molar-refractivity contribution >= 4 is 26.0 Å². The Morgan fingerprint density at radius 1 is 1.29 bits per heavy atom. The van der Waals surface area contributed by atoms with Crippen LogP contribution < -0.4 is 4.72 Å². The minimum absolute atomic E-state index is 0.194. The zero-order chi connectivity index (χ0) is 16.0. The monoisotopic (exact) mass is 378 g/mol. The number of halogens is 1. The summed E-state index contributed by atoms with van der Waals surface area (Å²) in [5, 5.41) is 9.21. The number of hydrogen-bond acceptors (Lipinski definition) is 4. The second kappa shape index (κ2) is 8.24. The summed E-state index contributed by atoms with van der Waals surface area (Å²) in [6.07, 6.45) is 0. The van der Waals surface area contributed by atoms with Gasteiger partial charge in [0, 0.05) is 17.6 Å². The Labute approximate surface area is 135 Å². The zero-order valence-electron chi connectivity index (χ0n) is 12.7. The van der Waals surface area contributed by atoms with Crippen LogP contribution in [0.25, 0.3) is 0 Å². The van der Waals surface area contributed by atoms with Gasteiger partial charge in [0.15, 0.2) is 0 Å². The van der Waals surface area contributed by atoms with Gasteiger partial charge in [-0.2, -0.15) is 0 Å². The summed E-state index contributed by atoms with van der Waals surface area (Å²) in [7, 11) is -3.58. The van der Waals surface area contributed by atoms with Gasteiger partial charge in [0.25, 0.3) is 0 Å². The molecule has 0 spiro atoms. The van der Waals surface area contributed by atoms with Gasteiger partial charge in [0.2, 0.25) is 10.0 Å². The molecule has 0 saturated heterocycles. The number of likely N-dealkylation sites (N-methyl/N-ethyl adjacent to an activating group) is 1. The Morgan fingerprint density at radius 2 is 1.90 bits per heavy atom. The van der Waals surface area contributed by atoms with E-state index in [0.717, 1.165) is 13.1 Å². The Balaban J connectivity index is 2.90. The third kappa shape index (κ3) is 5.03. The summed E-state index contributed by atoms with van der Waals surface area (Å²) in [5.74, 6) is 0. The van der Waals surface area contributed by atoms with Crippen molar-refractivity contribution < 1.29 is 13.5 Å². The minimum atomic E-state index is -3.58. The predicted octanol–water partition coefficient (Wildman–Crippen LogP) is 1.87. The fourth-order valence-corrected chi connectivity index (χ4v) is 4.01. The second-order valence-corrected chi connectivity index (χ2v) is 7.37. The van der Waals surface area contributed by atoms with Crippen LogP contribution in [0.4, 0.5) is 0 Å². The molecule has 5 nitrogen and oxygen atoms in total. The van der Waals surface area contributed by atoms with Crippen LogP contribution in [0.1, 0.15) is 25.0 Å². The smallest absolute Gasteiger partial charge is 0.240 e. The summed E-state index contributed by atoms with van der Waals surface area (Å²) in [6, 6.07) is 3.24. The summed E-state index contributed by atoms with van der Waals surface area (Å²) >= 11 is 3.33. The molecule has 1 aromatic carbocycles. The largest absolute Gasteiger partial charge is 0.392 e. The SMILES string of the molecule is CCN(CC)CCNS(=O)(=O)c1cc(CO)cc(Br)c1C. The normalized spacial score (nSPS) is 12.1. The van der Waals surface area contributed by atoms with E-state index in [4.69, 9.17) is 0 Å². The lowest BCUT2D eigenvalue weighted by Crippen LogP contribution is -2.35. The van der Waals surface area contributed by atoms with Crippen molar-refractivity contribution in [1.82, 2.24) is 9.62 Å². The fourth-order valence-electron chi connectivity index (χ4n) is 2.03. The van der Waals surface area contributed by atoms with E-state index < -0.39 is 10.0 Å². The van der Waals surface area contributed by atoms with E-state index in [-0.39, 0.29) is 11.5 Å². The van der Waals surface area contributed by atoms with Crippen LogP contribution in [0.15, 0.2) is 21.5 Å². The third-order valence-electron chi connectivity index (χ3n) is 3.44. The van der Waals surface area contributed by atoms with E-state index in [9.17, 15) is 13.5 Å². The molecule has 0 heterocycles. The van der Waals surface area contributed by atoms with Crippen LogP contribution >= 0.6 is 15.9 Å². The average Bonchev–Trinajstić information content (AvgIpc) is 2.46. The van der Waals surface area contributed by atoms with Crippen LogP contribution in [-0.2, 0) is 16.6 Å². The molecule has 120 valence electrons. The molecule has 0 aliphatic carbocycles. The molecular weight excluding hydrogens is 356 g/mol. The number of rotatable bonds is 8.